The number of benzene rings is 2. The van der Waals surface area contributed by atoms with E-state index >= 15 is 0 Å². The van der Waals surface area contributed by atoms with Gasteiger partial charge >= 0.3 is 0 Å². The first-order chi connectivity index (χ1) is 15.9. The number of nitrogens with two attached hydrogens (primary N) is 1. The molecule has 1 fully saturated rings. The highest BCUT2D eigenvalue weighted by atomic mass is 32.1. The van der Waals surface area contributed by atoms with Crippen molar-refractivity contribution in [2.75, 3.05) is 5.32 Å². The van der Waals surface area contributed by atoms with E-state index in [0.717, 1.165) is 49.4 Å². The molecule has 5 nitrogen and oxygen atoms in total. The molecule has 0 saturated heterocycles. The smallest absolute Gasteiger partial charge is 0.265 e. The molecule has 2 atom stereocenters. The summed E-state index contributed by atoms with van der Waals surface area (Å²) in [7, 11) is 0. The van der Waals surface area contributed by atoms with Gasteiger partial charge in [0, 0.05) is 35.9 Å². The highest BCUT2D eigenvalue weighted by Gasteiger charge is 2.32. The second kappa shape index (κ2) is 10.2. The molecule has 1 aromatic heterocycles. The summed E-state index contributed by atoms with van der Waals surface area (Å²) in [6.07, 6.45) is 3.41. The van der Waals surface area contributed by atoms with Crippen LogP contribution in [0.4, 0.5) is 14.5 Å². The molecule has 2 unspecified atom stereocenters. The Hall–Kier alpha value is -3.10. The fourth-order valence-corrected chi connectivity index (χ4v) is 4.87. The molecule has 0 aliphatic heterocycles. The van der Waals surface area contributed by atoms with Crippen LogP contribution in [-0.4, -0.2) is 28.8 Å². The molecule has 0 bridgehead atoms. The van der Waals surface area contributed by atoms with Gasteiger partial charge in [-0.2, -0.15) is 0 Å². The summed E-state index contributed by atoms with van der Waals surface area (Å²) in [4.78, 5) is 28.0. The lowest BCUT2D eigenvalue weighted by molar-refractivity contribution is 0.0582. The third kappa shape index (κ3) is 5.64. The molecule has 2 amide bonds. The lowest BCUT2D eigenvalue weighted by Gasteiger charge is -2.38. The molecular formula is C25H25F2N3O2S. The Morgan fingerprint density at radius 1 is 1.03 bits per heavy atom. The molecule has 0 radical (unpaired) electrons. The average Bonchev–Trinajstić information content (AvgIpc) is 3.32. The van der Waals surface area contributed by atoms with Crippen LogP contribution in [0.25, 0.3) is 0 Å². The Kier molecular flexibility index (Phi) is 7.15. The zero-order chi connectivity index (χ0) is 23.4. The predicted molar refractivity (Wildman–Crippen MR) is 125 cm³/mol. The van der Waals surface area contributed by atoms with Gasteiger partial charge in [0.15, 0.2) is 0 Å². The van der Waals surface area contributed by atoms with Crippen molar-refractivity contribution in [3.8, 4) is 0 Å². The predicted octanol–water partition coefficient (Wildman–Crippen LogP) is 5.19. The van der Waals surface area contributed by atoms with Crippen molar-refractivity contribution in [3.63, 3.8) is 0 Å². The van der Waals surface area contributed by atoms with Crippen molar-refractivity contribution in [3.05, 3.63) is 87.6 Å². The minimum absolute atomic E-state index is 0.0487. The van der Waals surface area contributed by atoms with Gasteiger partial charge in [0.1, 0.15) is 11.6 Å². The summed E-state index contributed by atoms with van der Waals surface area (Å²) in [5.41, 5.74) is 7.69. The average molecular weight is 470 g/mol. The third-order valence-corrected chi connectivity index (χ3v) is 6.70. The monoisotopic (exact) mass is 469 g/mol. The molecule has 4 rings (SSSR count). The quantitative estimate of drug-likeness (QED) is 0.522. The number of amides is 2. The second-order valence-corrected chi connectivity index (χ2v) is 9.19. The minimum atomic E-state index is -0.801. The van der Waals surface area contributed by atoms with Crippen LogP contribution < -0.4 is 11.1 Å². The highest BCUT2D eigenvalue weighted by molar-refractivity contribution is 7.12. The van der Waals surface area contributed by atoms with E-state index in [4.69, 9.17) is 5.73 Å². The molecule has 1 heterocycles. The maximum Gasteiger partial charge on any atom is 0.265 e. The number of hydrogen-bond donors (Lipinski definition) is 2. The minimum Gasteiger partial charge on any atom is -0.330 e. The molecule has 1 aliphatic carbocycles. The zero-order valence-electron chi connectivity index (χ0n) is 18.0. The summed E-state index contributed by atoms with van der Waals surface area (Å²) < 4.78 is 27.6. The van der Waals surface area contributed by atoms with Gasteiger partial charge < -0.3 is 16.0 Å². The molecule has 1 aliphatic rings. The van der Waals surface area contributed by atoms with Crippen LogP contribution in [0, 0.1) is 11.6 Å². The molecule has 33 heavy (non-hydrogen) atoms. The molecule has 3 N–H and O–H groups in total. The molecule has 172 valence electrons. The number of nitrogens with zero attached hydrogens (tertiary/aromatic N) is 1. The van der Waals surface area contributed by atoms with Crippen LogP contribution in [0.1, 0.15) is 51.3 Å². The van der Waals surface area contributed by atoms with Gasteiger partial charge in [-0.25, -0.2) is 8.78 Å². The summed E-state index contributed by atoms with van der Waals surface area (Å²) in [6, 6.07) is 13.1. The fourth-order valence-electron chi connectivity index (χ4n) is 4.25. The van der Waals surface area contributed by atoms with Crippen LogP contribution >= 0.6 is 11.3 Å². The van der Waals surface area contributed by atoms with E-state index in [1.54, 1.807) is 29.2 Å². The van der Waals surface area contributed by atoms with Gasteiger partial charge in [-0.05, 0) is 54.1 Å². The van der Waals surface area contributed by atoms with Gasteiger partial charge in [-0.3, -0.25) is 9.59 Å². The Balaban J connectivity index is 1.60. The second-order valence-electron chi connectivity index (χ2n) is 8.24. The van der Waals surface area contributed by atoms with Crippen molar-refractivity contribution < 1.29 is 18.4 Å². The Bertz CT molecular complexity index is 1120. The number of nitrogens with one attached hydrogen (secondary N) is 1. The first-order valence-electron chi connectivity index (χ1n) is 10.9. The van der Waals surface area contributed by atoms with E-state index < -0.39 is 17.5 Å². The summed E-state index contributed by atoms with van der Waals surface area (Å²) in [5.74, 6) is -2.28. The Morgan fingerprint density at radius 2 is 1.79 bits per heavy atom. The summed E-state index contributed by atoms with van der Waals surface area (Å²) >= 11 is 1.35. The van der Waals surface area contributed by atoms with Crippen molar-refractivity contribution in [2.45, 2.75) is 44.3 Å². The van der Waals surface area contributed by atoms with Crippen LogP contribution in [0.5, 0.6) is 0 Å². The summed E-state index contributed by atoms with van der Waals surface area (Å²) in [5, 5.41) is 4.70. The van der Waals surface area contributed by atoms with Crippen LogP contribution in [0.2, 0.25) is 0 Å². The van der Waals surface area contributed by atoms with E-state index in [1.807, 2.05) is 17.5 Å². The molecule has 8 heteroatoms. The van der Waals surface area contributed by atoms with Crippen molar-refractivity contribution >= 4 is 28.8 Å². The first-order valence-corrected chi connectivity index (χ1v) is 11.7. The maximum atomic E-state index is 13.8. The SMILES string of the molecule is NC1CCCCC1N(Cc1cccc(NC(=O)c2cccs2)c1)C(=O)c1cc(F)cc(F)c1. The Labute approximate surface area is 195 Å². The van der Waals surface area contributed by atoms with E-state index in [1.165, 1.54) is 11.3 Å². The molecule has 3 aromatic rings. The number of carbonyl (C=O) groups is 2. The van der Waals surface area contributed by atoms with Crippen molar-refractivity contribution in [1.82, 2.24) is 4.90 Å². The molecular weight excluding hydrogens is 444 g/mol. The number of thiophene rings is 1. The number of rotatable bonds is 6. The largest absolute Gasteiger partial charge is 0.330 e. The zero-order valence-corrected chi connectivity index (χ0v) is 18.8. The van der Waals surface area contributed by atoms with Crippen molar-refractivity contribution in [2.24, 2.45) is 5.73 Å². The number of halogens is 2. The molecule has 1 saturated carbocycles. The molecule has 2 aromatic carbocycles. The number of hydrogen-bond acceptors (Lipinski definition) is 4. The van der Waals surface area contributed by atoms with Gasteiger partial charge in [-0.15, -0.1) is 11.3 Å². The lowest BCUT2D eigenvalue weighted by Crippen LogP contribution is -2.51. The van der Waals surface area contributed by atoms with Gasteiger partial charge in [0.25, 0.3) is 11.8 Å². The van der Waals surface area contributed by atoms with E-state index in [0.29, 0.717) is 10.6 Å². The van der Waals surface area contributed by atoms with E-state index in [2.05, 4.69) is 5.32 Å². The van der Waals surface area contributed by atoms with Crippen LogP contribution in [0.15, 0.2) is 60.0 Å². The fraction of sp³-hybridized carbons (Fsp3) is 0.280. The summed E-state index contributed by atoms with van der Waals surface area (Å²) in [6.45, 7) is 0.206. The van der Waals surface area contributed by atoms with Crippen LogP contribution in [-0.2, 0) is 6.54 Å². The van der Waals surface area contributed by atoms with Gasteiger partial charge in [0.05, 0.1) is 4.88 Å². The Morgan fingerprint density at radius 3 is 2.48 bits per heavy atom. The van der Waals surface area contributed by atoms with Gasteiger partial charge in [-0.1, -0.05) is 31.0 Å². The standard InChI is InChI=1S/C25H25F2N3O2S/c26-18-12-17(13-19(27)14-18)25(32)30(22-8-2-1-7-21(22)28)15-16-5-3-6-20(11-16)29-24(31)23-9-4-10-33-23/h3-6,9-14,21-22H,1-2,7-8,15,28H2,(H,29,31). The van der Waals surface area contributed by atoms with Crippen LogP contribution in [0.3, 0.4) is 0 Å². The lowest BCUT2D eigenvalue weighted by atomic mass is 9.89. The van der Waals surface area contributed by atoms with Gasteiger partial charge in [0.2, 0.25) is 0 Å². The third-order valence-electron chi connectivity index (χ3n) is 5.84. The van der Waals surface area contributed by atoms with E-state index in [9.17, 15) is 18.4 Å². The van der Waals surface area contributed by atoms with E-state index in [-0.39, 0.29) is 30.1 Å². The topological polar surface area (TPSA) is 75.4 Å². The number of carbonyl (C=O) groups excluding carboxylic acids is 2. The maximum absolute atomic E-state index is 13.8. The normalized spacial score (nSPS) is 18.0. The number of anilines is 1. The van der Waals surface area contributed by atoms with Crippen molar-refractivity contribution in [1.29, 1.82) is 0 Å². The first kappa shape index (κ1) is 23.1. The highest BCUT2D eigenvalue weighted by Crippen LogP contribution is 2.26. The molecule has 0 spiro atoms.